The maximum Gasteiger partial charge on any atom is 0.333 e. The van der Waals surface area contributed by atoms with E-state index in [2.05, 4.69) is 40.7 Å². The zero-order valence-corrected chi connectivity index (χ0v) is 31.2. The monoisotopic (exact) mass is 670 g/mol. The molecule has 270 valence electrons. The van der Waals surface area contributed by atoms with Crippen LogP contribution in [-0.2, 0) is 19.1 Å². The van der Waals surface area contributed by atoms with E-state index in [1.165, 1.54) is 0 Å². The molecule has 0 amide bonds. The molecule has 5 aliphatic carbocycles. The average molecular weight is 671 g/mol. The lowest BCUT2D eigenvalue weighted by Gasteiger charge is -2.73. The molecule has 0 bridgehead atoms. The molecule has 8 heteroatoms. The van der Waals surface area contributed by atoms with Crippen LogP contribution in [0.1, 0.15) is 115 Å². The van der Waals surface area contributed by atoms with Crippen LogP contribution in [0.15, 0.2) is 34.9 Å². The molecule has 8 nitrogen and oxygen atoms in total. The van der Waals surface area contributed by atoms with Gasteiger partial charge in [-0.05, 0) is 100 Å². The third-order valence-corrected chi connectivity index (χ3v) is 15.4. The molecule has 0 radical (unpaired) electrons. The van der Waals surface area contributed by atoms with E-state index in [0.717, 1.165) is 37.7 Å². The van der Waals surface area contributed by atoms with Crippen LogP contribution in [0.2, 0.25) is 0 Å². The molecule has 0 aromatic rings. The number of aliphatic hydroxyl groups excluding tert-OH is 4. The van der Waals surface area contributed by atoms with Gasteiger partial charge in [0.15, 0.2) is 6.10 Å². The second-order valence-corrected chi connectivity index (χ2v) is 18.0. The van der Waals surface area contributed by atoms with E-state index in [9.17, 15) is 30.0 Å². The molecule has 0 aliphatic heterocycles. The Hall–Kier alpha value is -2.00. The van der Waals surface area contributed by atoms with Crippen molar-refractivity contribution in [2.45, 2.75) is 145 Å². The van der Waals surface area contributed by atoms with Gasteiger partial charge in [0.25, 0.3) is 0 Å². The number of carbonyl (C=O) groups excluding carboxylic acids is 2. The Morgan fingerprint density at radius 1 is 0.833 bits per heavy atom. The zero-order chi connectivity index (χ0) is 36.0. The van der Waals surface area contributed by atoms with Gasteiger partial charge in [-0.2, -0.15) is 0 Å². The first-order chi connectivity index (χ1) is 22.2. The van der Waals surface area contributed by atoms with Gasteiger partial charge in [0.1, 0.15) is 6.10 Å². The largest absolute Gasteiger partial charge is 0.454 e. The molecule has 0 spiro atoms. The second-order valence-electron chi connectivity index (χ2n) is 18.0. The Balaban J connectivity index is 1.69. The SMILES string of the molecule is C/C=C(/C)C(=O)O[C@H]1[C@H](OC(=O)/C(C)=C/C)C(C)(C)C[C@H]2C3=CC[C@@H]4[C@@]5(C)CC[C@H](O)C(C)(C)[C@@H]5CC[C@@]4(C)[C@]3(C)[C@@H](O)[C@@H](O)[C@]21CO. The van der Waals surface area contributed by atoms with Crippen molar-refractivity contribution in [2.24, 2.45) is 50.2 Å². The quantitative estimate of drug-likeness (QED) is 0.158. The summed E-state index contributed by atoms with van der Waals surface area (Å²) in [5.74, 6) is -1.12. The molecule has 12 atom stereocenters. The highest BCUT2D eigenvalue weighted by atomic mass is 16.6. The minimum atomic E-state index is -1.53. The lowest BCUT2D eigenvalue weighted by molar-refractivity contribution is -0.292. The molecule has 5 aliphatic rings. The Morgan fingerprint density at radius 3 is 1.94 bits per heavy atom. The van der Waals surface area contributed by atoms with Crippen molar-refractivity contribution in [3.8, 4) is 0 Å². The standard InChI is InChI=1S/C40H62O8/c1-12-22(3)33(45)47-31-32(48-34(46)23(4)13-2)40(21-41)25(20-35(31,5)6)24-14-15-27-37(9)18-17-28(42)36(7,8)26(37)16-19-38(27,10)39(24,11)29(43)30(40)44/h12-14,25-32,41-44H,15-21H2,1-11H3/b22-12+,23-13-/t25-,26-,27+,28-,29-,30+,31-,32-,37-,38+,39-,40-/m0/s1. The van der Waals surface area contributed by atoms with Gasteiger partial charge in [-0.3, -0.25) is 0 Å². The Morgan fingerprint density at radius 2 is 1.40 bits per heavy atom. The lowest BCUT2D eigenvalue weighted by Crippen LogP contribution is -2.76. The highest BCUT2D eigenvalue weighted by Gasteiger charge is 2.76. The summed E-state index contributed by atoms with van der Waals surface area (Å²) >= 11 is 0. The average Bonchev–Trinajstić information content (AvgIpc) is 3.03. The van der Waals surface area contributed by atoms with Gasteiger partial charge < -0.3 is 29.9 Å². The van der Waals surface area contributed by atoms with Gasteiger partial charge in [0, 0.05) is 22.0 Å². The predicted molar refractivity (Wildman–Crippen MR) is 184 cm³/mol. The van der Waals surface area contributed by atoms with E-state index >= 15 is 0 Å². The van der Waals surface area contributed by atoms with E-state index in [1.54, 1.807) is 39.8 Å². The number of ether oxygens (including phenoxy) is 2. The maximum atomic E-state index is 13.5. The summed E-state index contributed by atoms with van der Waals surface area (Å²) in [5.41, 5.74) is -2.06. The fraction of sp³-hybridized carbons (Fsp3) is 0.800. The smallest absolute Gasteiger partial charge is 0.333 e. The summed E-state index contributed by atoms with van der Waals surface area (Å²) < 4.78 is 12.4. The fourth-order valence-corrected chi connectivity index (χ4v) is 11.9. The lowest BCUT2D eigenvalue weighted by atomic mass is 9.32. The molecule has 48 heavy (non-hydrogen) atoms. The van der Waals surface area contributed by atoms with Gasteiger partial charge in [-0.15, -0.1) is 0 Å². The van der Waals surface area contributed by atoms with Crippen molar-refractivity contribution < 1.29 is 39.5 Å². The molecular weight excluding hydrogens is 608 g/mol. The number of carbonyl (C=O) groups is 2. The number of fused-ring (bicyclic) bond motifs is 7. The fourth-order valence-electron chi connectivity index (χ4n) is 11.9. The number of aliphatic hydroxyl groups is 4. The van der Waals surface area contributed by atoms with Crippen molar-refractivity contribution in [3.05, 3.63) is 34.9 Å². The van der Waals surface area contributed by atoms with E-state index in [0.29, 0.717) is 23.5 Å². The maximum absolute atomic E-state index is 13.5. The van der Waals surface area contributed by atoms with Gasteiger partial charge in [-0.25, -0.2) is 9.59 Å². The number of hydrogen-bond donors (Lipinski definition) is 4. The van der Waals surface area contributed by atoms with Crippen molar-refractivity contribution in [2.75, 3.05) is 6.61 Å². The molecule has 0 aromatic carbocycles. The molecular formula is C40H62O8. The van der Waals surface area contributed by atoms with E-state index in [1.807, 2.05) is 13.8 Å². The van der Waals surface area contributed by atoms with E-state index in [4.69, 9.17) is 9.47 Å². The van der Waals surface area contributed by atoms with Crippen LogP contribution >= 0.6 is 0 Å². The first kappa shape index (κ1) is 37.3. The summed E-state index contributed by atoms with van der Waals surface area (Å²) in [7, 11) is 0. The Kier molecular flexibility index (Phi) is 9.36. The summed E-state index contributed by atoms with van der Waals surface area (Å²) in [5, 5.41) is 47.8. The first-order valence-electron chi connectivity index (χ1n) is 18.2. The predicted octanol–water partition coefficient (Wildman–Crippen LogP) is 6.06. The minimum Gasteiger partial charge on any atom is -0.454 e. The van der Waals surface area contributed by atoms with E-state index in [-0.39, 0.29) is 22.9 Å². The van der Waals surface area contributed by atoms with Gasteiger partial charge >= 0.3 is 11.9 Å². The molecule has 0 saturated heterocycles. The van der Waals surface area contributed by atoms with Crippen LogP contribution < -0.4 is 0 Å². The summed E-state index contributed by atoms with van der Waals surface area (Å²) in [4.78, 5) is 26.8. The van der Waals surface area contributed by atoms with Crippen molar-refractivity contribution in [3.63, 3.8) is 0 Å². The summed E-state index contributed by atoms with van der Waals surface area (Å²) in [6.07, 6.45) is 4.81. The second kappa shape index (κ2) is 12.1. The van der Waals surface area contributed by atoms with Crippen LogP contribution in [-0.4, -0.2) is 69.5 Å². The zero-order valence-electron chi connectivity index (χ0n) is 31.2. The summed E-state index contributed by atoms with van der Waals surface area (Å²) in [6.45, 7) is 21.4. The van der Waals surface area contributed by atoms with Gasteiger partial charge in [0.2, 0.25) is 0 Å². The normalized spacial score (nSPS) is 46.6. The number of esters is 2. The Bertz CT molecular complexity index is 1410. The molecule has 0 aromatic heterocycles. The first-order valence-corrected chi connectivity index (χ1v) is 18.2. The van der Waals surface area contributed by atoms with Crippen LogP contribution in [0, 0.1) is 50.2 Å². The molecule has 4 fully saturated rings. The molecule has 0 unspecified atom stereocenters. The van der Waals surface area contributed by atoms with Crippen molar-refractivity contribution in [1.29, 1.82) is 0 Å². The van der Waals surface area contributed by atoms with Crippen LogP contribution in [0.3, 0.4) is 0 Å². The van der Waals surface area contributed by atoms with Gasteiger partial charge in [0.05, 0.1) is 30.3 Å². The highest BCUT2D eigenvalue weighted by Crippen LogP contribution is 2.76. The number of rotatable bonds is 5. The minimum absolute atomic E-state index is 0.0746. The van der Waals surface area contributed by atoms with Crippen LogP contribution in [0.4, 0.5) is 0 Å². The number of hydrogen-bond acceptors (Lipinski definition) is 8. The third-order valence-electron chi connectivity index (χ3n) is 15.4. The molecule has 0 heterocycles. The Labute approximate surface area is 288 Å². The van der Waals surface area contributed by atoms with Crippen LogP contribution in [0.25, 0.3) is 0 Å². The topological polar surface area (TPSA) is 134 Å². The molecule has 4 N–H and O–H groups in total. The van der Waals surface area contributed by atoms with Crippen molar-refractivity contribution in [1.82, 2.24) is 0 Å². The van der Waals surface area contributed by atoms with Gasteiger partial charge in [-0.1, -0.05) is 72.3 Å². The van der Waals surface area contributed by atoms with Crippen molar-refractivity contribution >= 4 is 11.9 Å². The molecule has 5 rings (SSSR count). The highest BCUT2D eigenvalue weighted by molar-refractivity contribution is 5.88. The third kappa shape index (κ3) is 4.81. The van der Waals surface area contributed by atoms with Crippen LogP contribution in [0.5, 0.6) is 0 Å². The summed E-state index contributed by atoms with van der Waals surface area (Å²) in [6, 6.07) is 0. The molecule has 4 saturated carbocycles. The number of allylic oxidation sites excluding steroid dienone is 3. The van der Waals surface area contributed by atoms with E-state index < -0.39 is 70.5 Å².